The van der Waals surface area contributed by atoms with Gasteiger partial charge in [-0.15, -0.1) is 0 Å². The lowest BCUT2D eigenvalue weighted by Crippen LogP contribution is -2.52. The quantitative estimate of drug-likeness (QED) is 0.870. The van der Waals surface area contributed by atoms with Crippen LogP contribution in [0.15, 0.2) is 12.4 Å². The Morgan fingerprint density at radius 2 is 2.00 bits per heavy atom. The molecule has 1 aromatic heterocycles. The molecule has 1 fully saturated rings. The maximum Gasteiger partial charge on any atom is 0.139 e. The molecule has 1 aliphatic rings. The summed E-state index contributed by atoms with van der Waals surface area (Å²) in [6.07, 6.45) is 9.06. The number of imidazole rings is 1. The first-order valence-corrected chi connectivity index (χ1v) is 8.07. The Bertz CT molecular complexity index is 412. The highest BCUT2D eigenvalue weighted by atomic mass is 16.3. The van der Waals surface area contributed by atoms with E-state index in [9.17, 15) is 5.11 Å². The number of hydrogen-bond acceptors (Lipinski definition) is 3. The van der Waals surface area contributed by atoms with Crippen LogP contribution in [0.1, 0.15) is 64.8 Å². The van der Waals surface area contributed by atoms with Crippen LogP contribution in [0.3, 0.4) is 0 Å². The fourth-order valence-corrected chi connectivity index (χ4v) is 3.27. The zero-order chi connectivity index (χ0) is 14.6. The van der Waals surface area contributed by atoms with Crippen LogP contribution in [-0.4, -0.2) is 38.2 Å². The molecule has 1 saturated heterocycles. The van der Waals surface area contributed by atoms with E-state index in [4.69, 9.17) is 0 Å². The number of rotatable bonds is 6. The van der Waals surface area contributed by atoms with Crippen LogP contribution in [0.4, 0.5) is 0 Å². The highest BCUT2D eigenvalue weighted by molar-refractivity contribution is 5.06. The van der Waals surface area contributed by atoms with Gasteiger partial charge in [0, 0.05) is 18.9 Å². The molecule has 2 atom stereocenters. The van der Waals surface area contributed by atoms with Crippen LogP contribution in [0.5, 0.6) is 0 Å². The van der Waals surface area contributed by atoms with E-state index in [0.717, 1.165) is 38.3 Å². The summed E-state index contributed by atoms with van der Waals surface area (Å²) in [5, 5.41) is 11.0. The molecule has 0 aliphatic carbocycles. The molecule has 2 heterocycles. The Labute approximate surface area is 122 Å². The lowest BCUT2D eigenvalue weighted by Gasteiger charge is -2.45. The number of aromatic nitrogens is 2. The smallest absolute Gasteiger partial charge is 0.139 e. The zero-order valence-corrected chi connectivity index (χ0v) is 13.2. The van der Waals surface area contributed by atoms with E-state index >= 15 is 0 Å². The van der Waals surface area contributed by atoms with Crippen molar-refractivity contribution in [2.75, 3.05) is 13.1 Å². The van der Waals surface area contributed by atoms with Gasteiger partial charge in [-0.3, -0.25) is 4.90 Å². The predicted octanol–water partition coefficient (Wildman–Crippen LogP) is 2.98. The van der Waals surface area contributed by atoms with Crippen molar-refractivity contribution in [2.24, 2.45) is 0 Å². The van der Waals surface area contributed by atoms with Crippen LogP contribution in [0.25, 0.3) is 0 Å². The van der Waals surface area contributed by atoms with Gasteiger partial charge in [0.05, 0.1) is 5.54 Å². The number of aliphatic hydroxyl groups excluding tert-OH is 1. The number of piperidine rings is 1. The van der Waals surface area contributed by atoms with Gasteiger partial charge in [-0.2, -0.15) is 0 Å². The molecule has 0 radical (unpaired) electrons. The monoisotopic (exact) mass is 279 g/mol. The summed E-state index contributed by atoms with van der Waals surface area (Å²) < 4.78 is 2.10. The molecule has 1 N–H and O–H groups in total. The molecule has 4 nitrogen and oxygen atoms in total. The molecule has 0 amide bonds. The summed E-state index contributed by atoms with van der Waals surface area (Å²) in [5.74, 6) is 0.821. The Balaban J connectivity index is 2.22. The molecule has 1 aliphatic heterocycles. The van der Waals surface area contributed by atoms with E-state index in [1.54, 1.807) is 6.20 Å². The maximum absolute atomic E-state index is 11.0. The van der Waals surface area contributed by atoms with Crippen molar-refractivity contribution in [3.8, 4) is 0 Å². The van der Waals surface area contributed by atoms with E-state index in [2.05, 4.69) is 35.2 Å². The molecule has 0 spiro atoms. The lowest BCUT2D eigenvalue weighted by molar-refractivity contribution is -0.0409. The third-order valence-electron chi connectivity index (χ3n) is 4.84. The molecule has 2 rings (SSSR count). The zero-order valence-electron chi connectivity index (χ0n) is 13.2. The molecule has 4 heteroatoms. The van der Waals surface area contributed by atoms with E-state index in [1.807, 2.05) is 6.20 Å². The molecular formula is C16H29N3O. The van der Waals surface area contributed by atoms with Gasteiger partial charge < -0.3 is 9.67 Å². The van der Waals surface area contributed by atoms with E-state index in [-0.39, 0.29) is 5.54 Å². The summed E-state index contributed by atoms with van der Waals surface area (Å²) in [6.45, 7) is 9.62. The number of aliphatic hydroxyl groups is 1. The van der Waals surface area contributed by atoms with Crippen molar-refractivity contribution in [1.29, 1.82) is 0 Å². The highest BCUT2D eigenvalue weighted by Gasteiger charge is 2.40. The molecule has 0 bridgehead atoms. The topological polar surface area (TPSA) is 41.3 Å². The molecule has 2 unspecified atom stereocenters. The van der Waals surface area contributed by atoms with Crippen molar-refractivity contribution in [2.45, 2.75) is 71.1 Å². The first-order chi connectivity index (χ1) is 9.63. The van der Waals surface area contributed by atoms with E-state index in [1.165, 1.54) is 19.3 Å². The van der Waals surface area contributed by atoms with Gasteiger partial charge in [0.1, 0.15) is 11.9 Å². The molecule has 1 aromatic rings. The average molecular weight is 279 g/mol. The average Bonchev–Trinajstić information content (AvgIpc) is 2.95. The number of nitrogens with zero attached hydrogens (tertiary/aromatic N) is 3. The fraction of sp³-hybridized carbons (Fsp3) is 0.812. The van der Waals surface area contributed by atoms with E-state index < -0.39 is 6.10 Å². The minimum absolute atomic E-state index is 0.211. The molecular weight excluding hydrogens is 250 g/mol. The third-order valence-corrected chi connectivity index (χ3v) is 4.84. The van der Waals surface area contributed by atoms with Gasteiger partial charge in [0.25, 0.3) is 0 Å². The van der Waals surface area contributed by atoms with Crippen molar-refractivity contribution >= 4 is 0 Å². The lowest BCUT2D eigenvalue weighted by atomic mass is 9.87. The van der Waals surface area contributed by atoms with Gasteiger partial charge in [0.15, 0.2) is 0 Å². The predicted molar refractivity (Wildman–Crippen MR) is 81.6 cm³/mol. The van der Waals surface area contributed by atoms with E-state index in [0.29, 0.717) is 0 Å². The summed E-state index contributed by atoms with van der Waals surface area (Å²) in [4.78, 5) is 6.89. The minimum atomic E-state index is -0.521. The number of likely N-dealkylation sites (tertiary alicyclic amines) is 1. The summed E-state index contributed by atoms with van der Waals surface area (Å²) >= 11 is 0. The molecule has 0 aromatic carbocycles. The Hall–Kier alpha value is -0.870. The second kappa shape index (κ2) is 6.72. The SMILES string of the molecule is CCCn1ccnc1C(O)C(C)(CC)N1CCCCC1. The summed E-state index contributed by atoms with van der Waals surface area (Å²) in [5.41, 5.74) is -0.211. The Morgan fingerprint density at radius 1 is 1.30 bits per heavy atom. The third kappa shape index (κ3) is 2.91. The van der Waals surface area contributed by atoms with Crippen LogP contribution in [0.2, 0.25) is 0 Å². The van der Waals surface area contributed by atoms with Gasteiger partial charge in [-0.05, 0) is 45.7 Å². The largest absolute Gasteiger partial charge is 0.383 e. The maximum atomic E-state index is 11.0. The summed E-state index contributed by atoms with van der Waals surface area (Å²) in [6, 6.07) is 0. The normalized spacial score (nSPS) is 21.6. The van der Waals surface area contributed by atoms with Crippen molar-refractivity contribution in [3.63, 3.8) is 0 Å². The standard InChI is InChI=1S/C16H29N3O/c1-4-10-18-13-9-17-15(18)14(20)16(3,5-2)19-11-7-6-8-12-19/h9,13-14,20H,4-8,10-12H2,1-3H3. The minimum Gasteiger partial charge on any atom is -0.383 e. The van der Waals surface area contributed by atoms with Gasteiger partial charge >= 0.3 is 0 Å². The van der Waals surface area contributed by atoms with Gasteiger partial charge in [-0.25, -0.2) is 4.98 Å². The Kier molecular flexibility index (Phi) is 5.22. The number of hydrogen-bond donors (Lipinski definition) is 1. The Morgan fingerprint density at radius 3 is 2.60 bits per heavy atom. The van der Waals surface area contributed by atoms with Crippen LogP contribution < -0.4 is 0 Å². The summed E-state index contributed by atoms with van der Waals surface area (Å²) in [7, 11) is 0. The first-order valence-electron chi connectivity index (χ1n) is 8.07. The van der Waals surface area contributed by atoms with Gasteiger partial charge in [-0.1, -0.05) is 20.3 Å². The second-order valence-electron chi connectivity index (χ2n) is 6.14. The molecule has 0 saturated carbocycles. The van der Waals surface area contributed by atoms with Crippen LogP contribution in [-0.2, 0) is 6.54 Å². The van der Waals surface area contributed by atoms with Crippen LogP contribution in [0, 0.1) is 0 Å². The molecule has 20 heavy (non-hydrogen) atoms. The first kappa shape index (κ1) is 15.5. The fourth-order valence-electron chi connectivity index (χ4n) is 3.27. The van der Waals surface area contributed by atoms with Gasteiger partial charge in [0.2, 0.25) is 0 Å². The van der Waals surface area contributed by atoms with Crippen molar-refractivity contribution in [3.05, 3.63) is 18.2 Å². The van der Waals surface area contributed by atoms with Crippen molar-refractivity contribution in [1.82, 2.24) is 14.5 Å². The number of aryl methyl sites for hydroxylation is 1. The molecule has 114 valence electrons. The highest BCUT2D eigenvalue weighted by Crippen LogP contribution is 2.35. The second-order valence-corrected chi connectivity index (χ2v) is 6.14. The van der Waals surface area contributed by atoms with Crippen molar-refractivity contribution < 1.29 is 5.11 Å². The van der Waals surface area contributed by atoms with Crippen LogP contribution >= 0.6 is 0 Å².